The van der Waals surface area contributed by atoms with E-state index in [1.807, 2.05) is 6.92 Å². The van der Waals surface area contributed by atoms with E-state index in [0.29, 0.717) is 11.8 Å². The summed E-state index contributed by atoms with van der Waals surface area (Å²) in [5.41, 5.74) is 2.73. The smallest absolute Gasteiger partial charge is 0.0517 e. The fraction of sp³-hybridized carbons (Fsp3) is 0.600. The van der Waals surface area contributed by atoms with Gasteiger partial charge in [-0.2, -0.15) is 0 Å². The van der Waals surface area contributed by atoms with E-state index in [2.05, 4.69) is 45.0 Å². The molecule has 0 amide bonds. The highest BCUT2D eigenvalue weighted by Gasteiger charge is 2.08. The lowest BCUT2D eigenvalue weighted by molar-refractivity contribution is 0.176. The molecule has 2 atom stereocenters. The van der Waals surface area contributed by atoms with E-state index in [-0.39, 0.29) is 6.10 Å². The molecule has 0 spiro atoms. The molecular formula is C15H24O. The van der Waals surface area contributed by atoms with Gasteiger partial charge in [-0.1, -0.05) is 45.0 Å². The zero-order valence-electron chi connectivity index (χ0n) is 10.9. The van der Waals surface area contributed by atoms with Crippen LogP contribution in [-0.4, -0.2) is 11.2 Å². The van der Waals surface area contributed by atoms with Crippen LogP contribution in [0.25, 0.3) is 0 Å². The second-order valence-electron chi connectivity index (χ2n) is 5.33. The fourth-order valence-electron chi connectivity index (χ4n) is 2.10. The molecule has 1 aromatic carbocycles. The number of benzene rings is 1. The molecular weight excluding hydrogens is 196 g/mol. The Labute approximate surface area is 99.5 Å². The summed E-state index contributed by atoms with van der Waals surface area (Å²) in [4.78, 5) is 0. The van der Waals surface area contributed by atoms with E-state index in [1.165, 1.54) is 11.1 Å². The first-order chi connectivity index (χ1) is 7.49. The Bertz CT molecular complexity index is 298. The van der Waals surface area contributed by atoms with Crippen molar-refractivity contribution in [3.63, 3.8) is 0 Å². The van der Waals surface area contributed by atoms with Crippen LogP contribution in [0.2, 0.25) is 0 Å². The highest BCUT2D eigenvalue weighted by atomic mass is 16.3. The molecule has 0 saturated heterocycles. The normalized spacial score (nSPS) is 15.1. The Morgan fingerprint density at radius 2 is 1.56 bits per heavy atom. The van der Waals surface area contributed by atoms with Crippen molar-refractivity contribution in [3.05, 3.63) is 35.4 Å². The number of hydrogen-bond acceptors (Lipinski definition) is 1. The van der Waals surface area contributed by atoms with Crippen LogP contribution in [-0.2, 0) is 6.42 Å². The Hall–Kier alpha value is -0.820. The van der Waals surface area contributed by atoms with Crippen LogP contribution in [0.1, 0.15) is 51.2 Å². The second-order valence-corrected chi connectivity index (χ2v) is 5.33. The third kappa shape index (κ3) is 4.36. The standard InChI is InChI=1S/C15H24O/c1-11(2)9-14-5-7-15(8-6-14)12(3)10-13(4)16/h5-8,11-13,16H,9-10H2,1-4H3. The summed E-state index contributed by atoms with van der Waals surface area (Å²) in [5.74, 6) is 1.15. The maximum Gasteiger partial charge on any atom is 0.0517 e. The van der Waals surface area contributed by atoms with Gasteiger partial charge in [0.05, 0.1) is 6.10 Å². The SMILES string of the molecule is CC(C)Cc1ccc(C(C)CC(C)O)cc1. The van der Waals surface area contributed by atoms with Crippen molar-refractivity contribution in [3.8, 4) is 0 Å². The number of aliphatic hydroxyl groups is 1. The molecule has 0 aliphatic carbocycles. The van der Waals surface area contributed by atoms with Gasteiger partial charge in [0.15, 0.2) is 0 Å². The molecule has 0 radical (unpaired) electrons. The van der Waals surface area contributed by atoms with E-state index in [9.17, 15) is 5.11 Å². The van der Waals surface area contributed by atoms with Gasteiger partial charge in [0, 0.05) is 0 Å². The molecule has 1 nitrogen and oxygen atoms in total. The van der Waals surface area contributed by atoms with Gasteiger partial charge in [0.25, 0.3) is 0 Å². The van der Waals surface area contributed by atoms with Crippen LogP contribution in [0.15, 0.2) is 24.3 Å². The van der Waals surface area contributed by atoms with Crippen LogP contribution in [0.4, 0.5) is 0 Å². The van der Waals surface area contributed by atoms with Crippen molar-refractivity contribution in [1.82, 2.24) is 0 Å². The Balaban J connectivity index is 2.63. The van der Waals surface area contributed by atoms with Crippen LogP contribution in [0.3, 0.4) is 0 Å². The average Bonchev–Trinajstić information content (AvgIpc) is 2.16. The Morgan fingerprint density at radius 1 is 1.00 bits per heavy atom. The molecule has 1 heteroatoms. The predicted octanol–water partition coefficient (Wildman–Crippen LogP) is 3.76. The quantitative estimate of drug-likeness (QED) is 0.801. The molecule has 1 N–H and O–H groups in total. The molecule has 0 saturated carbocycles. The molecule has 0 heterocycles. The number of aliphatic hydroxyl groups excluding tert-OH is 1. The highest BCUT2D eigenvalue weighted by Crippen LogP contribution is 2.21. The van der Waals surface area contributed by atoms with Crippen molar-refractivity contribution in [2.75, 3.05) is 0 Å². The van der Waals surface area contributed by atoms with Gasteiger partial charge in [-0.3, -0.25) is 0 Å². The highest BCUT2D eigenvalue weighted by molar-refractivity contribution is 5.25. The van der Waals surface area contributed by atoms with Crippen molar-refractivity contribution in [1.29, 1.82) is 0 Å². The Morgan fingerprint density at radius 3 is 2.00 bits per heavy atom. The molecule has 0 aromatic heterocycles. The first-order valence-corrected chi connectivity index (χ1v) is 6.26. The van der Waals surface area contributed by atoms with Gasteiger partial charge in [-0.25, -0.2) is 0 Å². The maximum absolute atomic E-state index is 9.36. The third-order valence-electron chi connectivity index (χ3n) is 2.89. The Kier molecular flexibility index (Phi) is 5.01. The molecule has 0 bridgehead atoms. The van der Waals surface area contributed by atoms with Crippen LogP contribution in [0, 0.1) is 5.92 Å². The maximum atomic E-state index is 9.36. The van der Waals surface area contributed by atoms with E-state index in [0.717, 1.165) is 12.8 Å². The van der Waals surface area contributed by atoms with Crippen molar-refractivity contribution in [2.45, 2.75) is 52.6 Å². The summed E-state index contributed by atoms with van der Waals surface area (Å²) >= 11 is 0. The van der Waals surface area contributed by atoms with Crippen molar-refractivity contribution < 1.29 is 5.11 Å². The topological polar surface area (TPSA) is 20.2 Å². The molecule has 90 valence electrons. The fourth-order valence-corrected chi connectivity index (χ4v) is 2.10. The van der Waals surface area contributed by atoms with Gasteiger partial charge < -0.3 is 5.11 Å². The van der Waals surface area contributed by atoms with Gasteiger partial charge >= 0.3 is 0 Å². The lowest BCUT2D eigenvalue weighted by atomic mass is 9.93. The molecule has 1 rings (SSSR count). The molecule has 1 aromatic rings. The van der Waals surface area contributed by atoms with Crippen LogP contribution < -0.4 is 0 Å². The lowest BCUT2D eigenvalue weighted by Crippen LogP contribution is -2.06. The van der Waals surface area contributed by atoms with Crippen LogP contribution in [0.5, 0.6) is 0 Å². The largest absolute Gasteiger partial charge is 0.393 e. The van der Waals surface area contributed by atoms with Crippen molar-refractivity contribution >= 4 is 0 Å². The molecule has 16 heavy (non-hydrogen) atoms. The van der Waals surface area contributed by atoms with E-state index in [4.69, 9.17) is 0 Å². The van der Waals surface area contributed by atoms with Gasteiger partial charge in [-0.15, -0.1) is 0 Å². The summed E-state index contributed by atoms with van der Waals surface area (Å²) in [6, 6.07) is 8.83. The molecule has 0 aliphatic rings. The number of hydrogen-bond donors (Lipinski definition) is 1. The monoisotopic (exact) mass is 220 g/mol. The summed E-state index contributed by atoms with van der Waals surface area (Å²) in [6.45, 7) is 8.50. The minimum absolute atomic E-state index is 0.217. The molecule has 0 fully saturated rings. The average molecular weight is 220 g/mol. The molecule has 2 unspecified atom stereocenters. The van der Waals surface area contributed by atoms with E-state index in [1.54, 1.807) is 0 Å². The van der Waals surface area contributed by atoms with Gasteiger partial charge in [0.1, 0.15) is 0 Å². The molecule has 0 aliphatic heterocycles. The first-order valence-electron chi connectivity index (χ1n) is 6.26. The summed E-state index contributed by atoms with van der Waals surface area (Å²) in [6.07, 6.45) is 1.76. The van der Waals surface area contributed by atoms with Crippen LogP contribution >= 0.6 is 0 Å². The second kappa shape index (κ2) is 6.05. The van der Waals surface area contributed by atoms with Gasteiger partial charge in [0.2, 0.25) is 0 Å². The van der Waals surface area contributed by atoms with E-state index < -0.39 is 0 Å². The summed E-state index contributed by atoms with van der Waals surface area (Å²) in [7, 11) is 0. The van der Waals surface area contributed by atoms with E-state index >= 15 is 0 Å². The zero-order valence-corrected chi connectivity index (χ0v) is 10.9. The minimum atomic E-state index is -0.217. The van der Waals surface area contributed by atoms with Gasteiger partial charge in [-0.05, 0) is 42.7 Å². The third-order valence-corrected chi connectivity index (χ3v) is 2.89. The van der Waals surface area contributed by atoms with Crippen molar-refractivity contribution in [2.24, 2.45) is 5.92 Å². The lowest BCUT2D eigenvalue weighted by Gasteiger charge is -2.14. The summed E-state index contributed by atoms with van der Waals surface area (Å²) < 4.78 is 0. The minimum Gasteiger partial charge on any atom is -0.393 e. The summed E-state index contributed by atoms with van der Waals surface area (Å²) in [5, 5.41) is 9.36. The zero-order chi connectivity index (χ0) is 12.1. The predicted molar refractivity (Wildman–Crippen MR) is 69.7 cm³/mol. The number of rotatable bonds is 5. The first kappa shape index (κ1) is 13.2.